The highest BCUT2D eigenvalue weighted by Crippen LogP contribution is 2.17. The van der Waals surface area contributed by atoms with Gasteiger partial charge >= 0.3 is 5.97 Å². The molecule has 5 heteroatoms. The van der Waals surface area contributed by atoms with Gasteiger partial charge in [0.05, 0.1) is 13.7 Å². The first-order chi connectivity index (χ1) is 8.54. The number of hydrogen-bond donors (Lipinski definition) is 0. The zero-order valence-corrected chi connectivity index (χ0v) is 10.8. The fourth-order valence-electron chi connectivity index (χ4n) is 1.77. The van der Waals surface area contributed by atoms with E-state index in [4.69, 9.17) is 4.74 Å². The van der Waals surface area contributed by atoms with Gasteiger partial charge in [0.25, 0.3) is 0 Å². The van der Waals surface area contributed by atoms with E-state index >= 15 is 0 Å². The van der Waals surface area contributed by atoms with Crippen LogP contribution in [0.2, 0.25) is 0 Å². The average molecular weight is 253 g/mol. The summed E-state index contributed by atoms with van der Waals surface area (Å²) in [4.78, 5) is 24.1. The lowest BCUT2D eigenvalue weighted by atomic mass is 10.2. The van der Waals surface area contributed by atoms with E-state index in [0.29, 0.717) is 25.3 Å². The van der Waals surface area contributed by atoms with Crippen LogP contribution < -0.4 is 0 Å². The number of carbonyl (C=O) groups is 2. The predicted molar refractivity (Wildman–Crippen MR) is 66.7 cm³/mol. The maximum Gasteiger partial charge on any atom is 0.330 e. The zero-order chi connectivity index (χ0) is 13.5. The molecule has 1 heterocycles. The Morgan fingerprint density at radius 3 is 2.83 bits per heavy atom. The van der Waals surface area contributed by atoms with Crippen molar-refractivity contribution in [2.24, 2.45) is 0 Å². The summed E-state index contributed by atoms with van der Waals surface area (Å²) >= 11 is 0. The van der Waals surface area contributed by atoms with Gasteiger partial charge in [0, 0.05) is 18.5 Å². The van der Waals surface area contributed by atoms with E-state index in [1.54, 1.807) is 4.90 Å². The van der Waals surface area contributed by atoms with E-state index in [2.05, 4.69) is 11.3 Å². The maximum atomic E-state index is 11.5. The van der Waals surface area contributed by atoms with Crippen molar-refractivity contribution < 1.29 is 19.1 Å². The third-order valence-corrected chi connectivity index (χ3v) is 2.85. The van der Waals surface area contributed by atoms with Crippen LogP contribution in [0.3, 0.4) is 0 Å². The molecule has 0 aromatic carbocycles. The third kappa shape index (κ3) is 4.24. The average Bonchev–Trinajstić information content (AvgIpc) is 2.67. The second-order valence-electron chi connectivity index (χ2n) is 4.15. The van der Waals surface area contributed by atoms with Gasteiger partial charge in [0.1, 0.15) is 12.4 Å². The summed E-state index contributed by atoms with van der Waals surface area (Å²) in [7, 11) is 1.30. The Morgan fingerprint density at radius 2 is 2.28 bits per heavy atom. The fraction of sp³-hybridized carbons (Fsp3) is 0.538. The normalized spacial score (nSPS) is 19.3. The van der Waals surface area contributed by atoms with Crippen LogP contribution in [-0.4, -0.2) is 43.1 Å². The topological polar surface area (TPSA) is 55.8 Å². The van der Waals surface area contributed by atoms with Crippen molar-refractivity contribution in [3.05, 3.63) is 24.5 Å². The minimum atomic E-state index is -0.455. The van der Waals surface area contributed by atoms with Crippen LogP contribution in [0.25, 0.3) is 0 Å². The first kappa shape index (κ1) is 14.3. The molecule has 0 aromatic rings. The number of nitrogens with zero attached hydrogens (tertiary/aromatic N) is 1. The van der Waals surface area contributed by atoms with Gasteiger partial charge in [0.15, 0.2) is 0 Å². The van der Waals surface area contributed by atoms with E-state index in [9.17, 15) is 9.59 Å². The number of hydrogen-bond acceptors (Lipinski definition) is 4. The summed E-state index contributed by atoms with van der Waals surface area (Å²) in [6, 6.07) is 0.278. The van der Waals surface area contributed by atoms with Crippen molar-refractivity contribution in [1.82, 2.24) is 4.90 Å². The molecule has 0 radical (unpaired) electrons. The van der Waals surface area contributed by atoms with Crippen LogP contribution in [0.15, 0.2) is 24.5 Å². The van der Waals surface area contributed by atoms with Crippen molar-refractivity contribution in [3.63, 3.8) is 0 Å². The maximum absolute atomic E-state index is 11.5. The van der Waals surface area contributed by atoms with Gasteiger partial charge in [-0.2, -0.15) is 0 Å². The van der Waals surface area contributed by atoms with Crippen molar-refractivity contribution in [1.29, 1.82) is 0 Å². The SMILES string of the molecule is C=C(/C=C/C(=O)OC)OCCN1C(=O)CCC1C. The lowest BCUT2D eigenvalue weighted by Crippen LogP contribution is -2.33. The standard InChI is InChI=1S/C13H19NO4/c1-10-4-6-12(15)14(10)8-9-18-11(2)5-7-13(16)17-3/h5,7,10H,2,4,6,8-9H2,1,3H3/b7-5+. The van der Waals surface area contributed by atoms with Gasteiger partial charge in [-0.1, -0.05) is 6.58 Å². The van der Waals surface area contributed by atoms with E-state index in [0.717, 1.165) is 6.42 Å². The van der Waals surface area contributed by atoms with Gasteiger partial charge in [-0.3, -0.25) is 4.79 Å². The van der Waals surface area contributed by atoms with E-state index < -0.39 is 5.97 Å². The number of rotatable bonds is 6. The number of esters is 1. The summed E-state index contributed by atoms with van der Waals surface area (Å²) in [6.07, 6.45) is 4.21. The summed E-state index contributed by atoms with van der Waals surface area (Å²) in [5.41, 5.74) is 0. The minimum absolute atomic E-state index is 0.168. The third-order valence-electron chi connectivity index (χ3n) is 2.85. The molecule has 1 atom stereocenters. The summed E-state index contributed by atoms with van der Waals surface area (Å²) < 4.78 is 9.75. The molecule has 0 saturated carbocycles. The van der Waals surface area contributed by atoms with Crippen molar-refractivity contribution in [2.45, 2.75) is 25.8 Å². The second kappa shape index (κ2) is 6.83. The van der Waals surface area contributed by atoms with Gasteiger partial charge in [-0.25, -0.2) is 4.79 Å². The highest BCUT2D eigenvalue weighted by atomic mass is 16.5. The van der Waals surface area contributed by atoms with Crippen LogP contribution in [0.4, 0.5) is 0 Å². The highest BCUT2D eigenvalue weighted by molar-refractivity contribution is 5.82. The zero-order valence-electron chi connectivity index (χ0n) is 10.8. The summed E-state index contributed by atoms with van der Waals surface area (Å²) in [5.74, 6) is 0.0876. The van der Waals surface area contributed by atoms with E-state index in [1.165, 1.54) is 19.3 Å². The molecule has 100 valence electrons. The molecule has 0 bridgehead atoms. The van der Waals surface area contributed by atoms with Crippen LogP contribution in [-0.2, 0) is 19.1 Å². The molecule has 1 saturated heterocycles. The molecule has 1 fully saturated rings. The van der Waals surface area contributed by atoms with Crippen molar-refractivity contribution in [3.8, 4) is 0 Å². The van der Waals surface area contributed by atoms with Crippen molar-refractivity contribution in [2.75, 3.05) is 20.3 Å². The van der Waals surface area contributed by atoms with Crippen LogP contribution >= 0.6 is 0 Å². The van der Waals surface area contributed by atoms with Crippen LogP contribution in [0, 0.1) is 0 Å². The van der Waals surface area contributed by atoms with Crippen LogP contribution in [0.1, 0.15) is 19.8 Å². The number of methoxy groups -OCH3 is 1. The number of ether oxygens (including phenoxy) is 2. The molecular formula is C13H19NO4. The second-order valence-corrected chi connectivity index (χ2v) is 4.15. The molecule has 1 rings (SSSR count). The van der Waals surface area contributed by atoms with Crippen molar-refractivity contribution >= 4 is 11.9 Å². The Hall–Kier alpha value is -1.78. The Morgan fingerprint density at radius 1 is 1.56 bits per heavy atom. The smallest absolute Gasteiger partial charge is 0.330 e. The van der Waals surface area contributed by atoms with Gasteiger partial charge in [0.2, 0.25) is 5.91 Å². The lowest BCUT2D eigenvalue weighted by Gasteiger charge is -2.21. The molecule has 1 aliphatic heterocycles. The van der Waals surface area contributed by atoms with E-state index in [1.807, 2.05) is 6.92 Å². The molecule has 1 amide bonds. The molecule has 1 aliphatic rings. The number of carbonyl (C=O) groups excluding carboxylic acids is 2. The predicted octanol–water partition coefficient (Wildman–Crippen LogP) is 1.26. The number of amides is 1. The largest absolute Gasteiger partial charge is 0.492 e. The Labute approximate surface area is 107 Å². The molecule has 0 aromatic heterocycles. The first-order valence-electron chi connectivity index (χ1n) is 5.91. The Kier molecular flexibility index (Phi) is 5.42. The molecule has 0 spiro atoms. The lowest BCUT2D eigenvalue weighted by molar-refractivity contribution is -0.134. The molecule has 0 N–H and O–H groups in total. The van der Waals surface area contributed by atoms with Gasteiger partial charge in [-0.15, -0.1) is 0 Å². The number of likely N-dealkylation sites (tertiary alicyclic amines) is 1. The molecule has 18 heavy (non-hydrogen) atoms. The molecule has 1 unspecified atom stereocenters. The fourth-order valence-corrected chi connectivity index (χ4v) is 1.77. The first-order valence-corrected chi connectivity index (χ1v) is 5.91. The summed E-state index contributed by atoms with van der Waals surface area (Å²) in [5, 5.41) is 0. The quantitative estimate of drug-likeness (QED) is 0.309. The number of allylic oxidation sites excluding steroid dienone is 1. The molecular weight excluding hydrogens is 234 g/mol. The molecule has 0 aliphatic carbocycles. The van der Waals surface area contributed by atoms with E-state index in [-0.39, 0.29) is 11.9 Å². The van der Waals surface area contributed by atoms with Gasteiger partial charge in [-0.05, 0) is 19.4 Å². The summed E-state index contributed by atoms with van der Waals surface area (Å²) in [6.45, 7) is 6.59. The van der Waals surface area contributed by atoms with Crippen LogP contribution in [0.5, 0.6) is 0 Å². The Bertz CT molecular complexity index is 362. The van der Waals surface area contributed by atoms with Gasteiger partial charge < -0.3 is 14.4 Å². The monoisotopic (exact) mass is 253 g/mol. The Balaban J connectivity index is 2.25. The highest BCUT2D eigenvalue weighted by Gasteiger charge is 2.26. The minimum Gasteiger partial charge on any atom is -0.492 e. The molecule has 5 nitrogen and oxygen atoms in total.